The Balaban J connectivity index is 1.42. The average molecular weight is 345 g/mol. The van der Waals surface area contributed by atoms with Crippen molar-refractivity contribution in [3.63, 3.8) is 0 Å². The molecule has 0 bridgehead atoms. The molecule has 1 aromatic heterocycles. The topological polar surface area (TPSA) is 58.6 Å². The van der Waals surface area contributed by atoms with Crippen LogP contribution in [-0.2, 0) is 4.79 Å². The summed E-state index contributed by atoms with van der Waals surface area (Å²) < 4.78 is 5.64. The molecule has 0 N–H and O–H groups in total. The van der Waals surface area contributed by atoms with Crippen molar-refractivity contribution < 1.29 is 9.53 Å². The molecule has 1 atom stereocenters. The Morgan fingerprint density at radius 3 is 2.75 bits per heavy atom. The Labute approximate surface area is 145 Å². The van der Waals surface area contributed by atoms with E-state index in [9.17, 15) is 4.79 Å². The van der Waals surface area contributed by atoms with Gasteiger partial charge >= 0.3 is 0 Å². The molecule has 0 aliphatic carbocycles. The first-order valence-corrected chi connectivity index (χ1v) is 8.33. The minimum atomic E-state index is -0.193. The van der Waals surface area contributed by atoms with Gasteiger partial charge in [0.05, 0.1) is 0 Å². The van der Waals surface area contributed by atoms with E-state index in [4.69, 9.17) is 16.3 Å². The first-order valence-electron chi connectivity index (χ1n) is 7.95. The van der Waals surface area contributed by atoms with Gasteiger partial charge < -0.3 is 14.5 Å². The van der Waals surface area contributed by atoms with Crippen molar-refractivity contribution in [2.45, 2.75) is 5.92 Å². The number of carbonyl (C=O) groups is 1. The molecule has 1 fully saturated rings. The summed E-state index contributed by atoms with van der Waals surface area (Å²) in [5, 5.41) is 0.429. The zero-order valence-corrected chi connectivity index (χ0v) is 13.8. The van der Waals surface area contributed by atoms with E-state index < -0.39 is 0 Å². The Kier molecular flexibility index (Phi) is 3.98. The van der Waals surface area contributed by atoms with Crippen LogP contribution >= 0.6 is 11.6 Å². The smallest absolute Gasteiger partial charge is 0.233 e. The summed E-state index contributed by atoms with van der Waals surface area (Å²) in [7, 11) is 0. The van der Waals surface area contributed by atoms with Crippen molar-refractivity contribution >= 4 is 23.3 Å². The Bertz CT molecular complexity index is 762. The zero-order chi connectivity index (χ0) is 16.5. The van der Waals surface area contributed by atoms with Crippen LogP contribution < -0.4 is 9.64 Å². The highest BCUT2D eigenvalue weighted by molar-refractivity contribution is 6.29. The standard InChI is InChI=1S/C17H17ClN4O2/c18-15-9-16(20-11-19-15)21-5-7-22(8-6-21)17(23)13-10-24-14-4-2-1-3-12(13)14/h1-4,9,11,13H,5-8,10H2/t13-/m1/s1. The number of aromatic nitrogens is 2. The van der Waals surface area contributed by atoms with Gasteiger partial charge in [0, 0.05) is 37.8 Å². The zero-order valence-electron chi connectivity index (χ0n) is 13.1. The SMILES string of the molecule is O=C([C@@H]1COc2ccccc21)N1CCN(c2cc(Cl)ncn2)CC1. The Morgan fingerprint density at radius 1 is 1.17 bits per heavy atom. The quantitative estimate of drug-likeness (QED) is 0.779. The molecule has 24 heavy (non-hydrogen) atoms. The second-order valence-electron chi connectivity index (χ2n) is 5.91. The van der Waals surface area contributed by atoms with Crippen LogP contribution in [0.2, 0.25) is 5.15 Å². The summed E-state index contributed by atoms with van der Waals surface area (Å²) >= 11 is 5.92. The van der Waals surface area contributed by atoms with Crippen molar-refractivity contribution in [1.29, 1.82) is 0 Å². The molecular formula is C17H17ClN4O2. The van der Waals surface area contributed by atoms with Crippen LogP contribution in [0.4, 0.5) is 5.82 Å². The number of hydrogen-bond donors (Lipinski definition) is 0. The highest BCUT2D eigenvalue weighted by Crippen LogP contribution is 2.34. The summed E-state index contributed by atoms with van der Waals surface area (Å²) in [5.41, 5.74) is 0.993. The molecule has 2 aliphatic rings. The number of benzene rings is 1. The van der Waals surface area contributed by atoms with Crippen LogP contribution in [0.3, 0.4) is 0 Å². The summed E-state index contributed by atoms with van der Waals surface area (Å²) in [6, 6.07) is 9.52. The minimum absolute atomic E-state index is 0.139. The normalized spacial score (nSPS) is 19.8. The second-order valence-corrected chi connectivity index (χ2v) is 6.30. The predicted molar refractivity (Wildman–Crippen MR) is 90.5 cm³/mol. The van der Waals surface area contributed by atoms with E-state index in [-0.39, 0.29) is 11.8 Å². The van der Waals surface area contributed by atoms with Crippen LogP contribution in [0.15, 0.2) is 36.7 Å². The van der Waals surface area contributed by atoms with Gasteiger partial charge in [-0.05, 0) is 6.07 Å². The lowest BCUT2D eigenvalue weighted by molar-refractivity contribution is -0.133. The third-order valence-electron chi connectivity index (χ3n) is 4.53. The number of rotatable bonds is 2. The van der Waals surface area contributed by atoms with E-state index in [0.29, 0.717) is 24.8 Å². The van der Waals surface area contributed by atoms with Crippen molar-refractivity contribution in [3.8, 4) is 5.75 Å². The summed E-state index contributed by atoms with van der Waals surface area (Å²) in [6.45, 7) is 3.22. The van der Waals surface area contributed by atoms with Crippen LogP contribution in [-0.4, -0.2) is 53.6 Å². The molecule has 1 aromatic carbocycles. The van der Waals surface area contributed by atoms with E-state index in [0.717, 1.165) is 30.2 Å². The van der Waals surface area contributed by atoms with Crippen molar-refractivity contribution in [2.75, 3.05) is 37.7 Å². The van der Waals surface area contributed by atoms with Gasteiger partial charge in [-0.15, -0.1) is 0 Å². The number of ether oxygens (including phenoxy) is 1. The number of hydrogen-bond acceptors (Lipinski definition) is 5. The van der Waals surface area contributed by atoms with E-state index in [1.165, 1.54) is 6.33 Å². The number of anilines is 1. The molecule has 0 radical (unpaired) electrons. The number of nitrogens with zero attached hydrogens (tertiary/aromatic N) is 4. The lowest BCUT2D eigenvalue weighted by Gasteiger charge is -2.36. The van der Waals surface area contributed by atoms with E-state index in [1.807, 2.05) is 29.2 Å². The van der Waals surface area contributed by atoms with Crippen LogP contribution in [0.1, 0.15) is 11.5 Å². The number of amides is 1. The first-order chi connectivity index (χ1) is 11.7. The van der Waals surface area contributed by atoms with Crippen LogP contribution in [0, 0.1) is 0 Å². The number of para-hydroxylation sites is 1. The fourth-order valence-electron chi connectivity index (χ4n) is 3.24. The highest BCUT2D eigenvalue weighted by atomic mass is 35.5. The number of carbonyl (C=O) groups excluding carboxylic acids is 1. The van der Waals surface area contributed by atoms with Gasteiger partial charge in [0.2, 0.25) is 5.91 Å². The van der Waals surface area contributed by atoms with Gasteiger partial charge in [-0.2, -0.15) is 0 Å². The minimum Gasteiger partial charge on any atom is -0.492 e. The van der Waals surface area contributed by atoms with Gasteiger partial charge in [0.15, 0.2) is 0 Å². The molecule has 0 saturated carbocycles. The molecule has 0 unspecified atom stereocenters. The van der Waals surface area contributed by atoms with E-state index >= 15 is 0 Å². The number of halogens is 1. The Morgan fingerprint density at radius 2 is 1.96 bits per heavy atom. The summed E-state index contributed by atoms with van der Waals surface area (Å²) in [4.78, 5) is 25.0. The van der Waals surface area contributed by atoms with Gasteiger partial charge in [-0.3, -0.25) is 4.79 Å². The largest absolute Gasteiger partial charge is 0.492 e. The van der Waals surface area contributed by atoms with Crippen LogP contribution in [0.5, 0.6) is 5.75 Å². The maximum absolute atomic E-state index is 12.8. The van der Waals surface area contributed by atoms with Crippen molar-refractivity contribution in [3.05, 3.63) is 47.4 Å². The van der Waals surface area contributed by atoms with Crippen LogP contribution in [0.25, 0.3) is 0 Å². The highest BCUT2D eigenvalue weighted by Gasteiger charge is 2.34. The lowest BCUT2D eigenvalue weighted by Crippen LogP contribution is -2.50. The molecule has 3 heterocycles. The molecule has 4 rings (SSSR count). The molecule has 1 amide bonds. The average Bonchev–Trinajstić information content (AvgIpc) is 3.05. The molecule has 2 aromatic rings. The maximum Gasteiger partial charge on any atom is 0.233 e. The molecule has 0 spiro atoms. The van der Waals surface area contributed by atoms with E-state index in [1.54, 1.807) is 6.07 Å². The number of fused-ring (bicyclic) bond motifs is 1. The summed E-state index contributed by atoms with van der Waals surface area (Å²) in [6.07, 6.45) is 1.46. The predicted octanol–water partition coefficient (Wildman–Crippen LogP) is 1.95. The lowest BCUT2D eigenvalue weighted by atomic mass is 9.99. The summed E-state index contributed by atoms with van der Waals surface area (Å²) in [5.74, 6) is 1.57. The molecule has 1 saturated heterocycles. The molecule has 2 aliphatic heterocycles. The second kappa shape index (κ2) is 6.28. The molecule has 124 valence electrons. The Hall–Kier alpha value is -2.34. The first kappa shape index (κ1) is 15.2. The fourth-order valence-corrected chi connectivity index (χ4v) is 3.38. The van der Waals surface area contributed by atoms with E-state index in [2.05, 4.69) is 14.9 Å². The van der Waals surface area contributed by atoms with Gasteiger partial charge in [0.25, 0.3) is 0 Å². The molecular weight excluding hydrogens is 328 g/mol. The van der Waals surface area contributed by atoms with Crippen molar-refractivity contribution in [2.24, 2.45) is 0 Å². The third kappa shape index (κ3) is 2.78. The van der Waals surface area contributed by atoms with Gasteiger partial charge in [0.1, 0.15) is 35.6 Å². The molecule has 6 nitrogen and oxygen atoms in total. The maximum atomic E-state index is 12.8. The fraction of sp³-hybridized carbons (Fsp3) is 0.353. The van der Waals surface area contributed by atoms with Crippen molar-refractivity contribution in [1.82, 2.24) is 14.9 Å². The third-order valence-corrected chi connectivity index (χ3v) is 4.74. The monoisotopic (exact) mass is 344 g/mol. The van der Waals surface area contributed by atoms with Gasteiger partial charge in [-0.25, -0.2) is 9.97 Å². The molecule has 7 heteroatoms. The number of piperazine rings is 1. The van der Waals surface area contributed by atoms with Gasteiger partial charge in [-0.1, -0.05) is 29.8 Å².